The lowest BCUT2D eigenvalue weighted by molar-refractivity contribution is 0.475. The van der Waals surface area contributed by atoms with Crippen molar-refractivity contribution in [1.29, 1.82) is 0 Å². The minimum absolute atomic E-state index is 0.243. The molecule has 86 valence electrons. The predicted molar refractivity (Wildman–Crippen MR) is 69.7 cm³/mol. The highest BCUT2D eigenvalue weighted by atomic mass is 32.1. The molecule has 0 radical (unpaired) electrons. The Morgan fingerprint density at radius 2 is 2.00 bits per heavy atom. The minimum Gasteiger partial charge on any atom is -0.508 e. The van der Waals surface area contributed by atoms with Crippen molar-refractivity contribution in [3.8, 4) is 5.75 Å². The van der Waals surface area contributed by atoms with E-state index in [1.54, 1.807) is 24.3 Å². The summed E-state index contributed by atoms with van der Waals surface area (Å²) in [5.74, 6) is 0.243. The van der Waals surface area contributed by atoms with Gasteiger partial charge in [-0.25, -0.2) is 0 Å². The lowest BCUT2D eigenvalue weighted by Crippen LogP contribution is -2.32. The zero-order chi connectivity index (χ0) is 12.0. The molecule has 16 heavy (non-hydrogen) atoms. The summed E-state index contributed by atoms with van der Waals surface area (Å²) in [7, 11) is 0. The van der Waals surface area contributed by atoms with Gasteiger partial charge in [0.1, 0.15) is 5.75 Å². The van der Waals surface area contributed by atoms with Gasteiger partial charge in [-0.3, -0.25) is 5.43 Å². The second kappa shape index (κ2) is 6.07. The van der Waals surface area contributed by atoms with Gasteiger partial charge in [0, 0.05) is 6.54 Å². The lowest BCUT2D eigenvalue weighted by Gasteiger charge is -2.05. The Kier molecular flexibility index (Phi) is 4.72. The fraction of sp³-hybridized carbons (Fsp3) is 0.273. The van der Waals surface area contributed by atoms with E-state index in [9.17, 15) is 0 Å². The zero-order valence-electron chi connectivity index (χ0n) is 9.32. The first-order valence-electron chi connectivity index (χ1n) is 5.01. The molecule has 1 aromatic rings. The van der Waals surface area contributed by atoms with E-state index in [4.69, 9.17) is 17.3 Å². The van der Waals surface area contributed by atoms with Crippen LogP contribution in [0, 0.1) is 0 Å². The number of thiocarbonyl (C=S) groups is 1. The number of benzene rings is 1. The molecule has 1 aromatic carbocycles. The Morgan fingerprint density at radius 3 is 2.56 bits per heavy atom. The predicted octanol–water partition coefficient (Wildman–Crippen LogP) is 1.60. The topological polar surface area (TPSA) is 56.7 Å². The third kappa shape index (κ3) is 3.86. The van der Waals surface area contributed by atoms with Crippen molar-refractivity contribution >= 4 is 23.0 Å². The highest BCUT2D eigenvalue weighted by Crippen LogP contribution is 2.10. The monoisotopic (exact) mass is 237 g/mol. The Balaban J connectivity index is 2.63. The van der Waals surface area contributed by atoms with Crippen LogP contribution in [0.15, 0.2) is 29.4 Å². The number of nitrogens with one attached hydrogen (secondary N) is 2. The van der Waals surface area contributed by atoms with Crippen LogP contribution in [0.3, 0.4) is 0 Å². The third-order valence-electron chi connectivity index (χ3n) is 1.95. The van der Waals surface area contributed by atoms with E-state index < -0.39 is 0 Å². The van der Waals surface area contributed by atoms with E-state index in [0.29, 0.717) is 5.11 Å². The van der Waals surface area contributed by atoms with Crippen LogP contribution in [0.1, 0.15) is 19.4 Å². The van der Waals surface area contributed by atoms with Gasteiger partial charge in [0.25, 0.3) is 0 Å². The van der Waals surface area contributed by atoms with Crippen LogP contribution in [-0.2, 0) is 0 Å². The van der Waals surface area contributed by atoms with Gasteiger partial charge < -0.3 is 10.4 Å². The molecule has 0 bridgehead atoms. The second-order valence-corrected chi connectivity index (χ2v) is 3.62. The molecular formula is C11H15N3OS. The SMILES string of the molecule is CCNC(=S)NN=C(C)c1ccc(O)cc1. The number of nitrogens with zero attached hydrogens (tertiary/aromatic N) is 1. The van der Waals surface area contributed by atoms with E-state index >= 15 is 0 Å². The Hall–Kier alpha value is -1.62. The Labute approximate surface area is 100 Å². The van der Waals surface area contributed by atoms with E-state index in [-0.39, 0.29) is 5.75 Å². The molecule has 0 aromatic heterocycles. The van der Waals surface area contributed by atoms with Crippen molar-refractivity contribution in [1.82, 2.24) is 10.7 Å². The second-order valence-electron chi connectivity index (χ2n) is 3.22. The number of phenols is 1. The molecule has 0 heterocycles. The van der Waals surface area contributed by atoms with Gasteiger partial charge in [0.2, 0.25) is 0 Å². The van der Waals surface area contributed by atoms with Crippen LogP contribution < -0.4 is 10.7 Å². The van der Waals surface area contributed by atoms with E-state index in [1.807, 2.05) is 13.8 Å². The van der Waals surface area contributed by atoms with Crippen molar-refractivity contribution in [3.63, 3.8) is 0 Å². The van der Waals surface area contributed by atoms with E-state index in [2.05, 4.69) is 15.8 Å². The van der Waals surface area contributed by atoms with Crippen LogP contribution in [0.25, 0.3) is 0 Å². The van der Waals surface area contributed by atoms with Crippen molar-refractivity contribution in [3.05, 3.63) is 29.8 Å². The lowest BCUT2D eigenvalue weighted by atomic mass is 10.1. The molecule has 0 fully saturated rings. The number of phenolic OH excluding ortho intramolecular Hbond substituents is 1. The summed E-state index contributed by atoms with van der Waals surface area (Å²) in [4.78, 5) is 0. The molecule has 0 aliphatic carbocycles. The van der Waals surface area contributed by atoms with Crippen molar-refractivity contribution in [2.45, 2.75) is 13.8 Å². The largest absolute Gasteiger partial charge is 0.508 e. The molecule has 3 N–H and O–H groups in total. The molecule has 0 saturated carbocycles. The summed E-state index contributed by atoms with van der Waals surface area (Å²) in [5.41, 5.74) is 4.48. The maximum absolute atomic E-state index is 9.14. The first-order chi connectivity index (χ1) is 7.63. The van der Waals surface area contributed by atoms with Crippen molar-refractivity contribution < 1.29 is 5.11 Å². The standard InChI is InChI=1S/C11H15N3OS/c1-3-12-11(16)14-13-8(2)9-4-6-10(15)7-5-9/h4-7,15H,3H2,1-2H3,(H2,12,14,16). The molecular weight excluding hydrogens is 222 g/mol. The van der Waals surface area contributed by atoms with E-state index in [0.717, 1.165) is 17.8 Å². The van der Waals surface area contributed by atoms with Gasteiger partial charge in [-0.15, -0.1) is 0 Å². The highest BCUT2D eigenvalue weighted by Gasteiger charge is 1.97. The fourth-order valence-electron chi connectivity index (χ4n) is 1.10. The first kappa shape index (κ1) is 12.4. The maximum Gasteiger partial charge on any atom is 0.186 e. The number of hydrogen-bond acceptors (Lipinski definition) is 3. The molecule has 0 spiro atoms. The zero-order valence-corrected chi connectivity index (χ0v) is 10.1. The van der Waals surface area contributed by atoms with Gasteiger partial charge >= 0.3 is 0 Å². The molecule has 0 amide bonds. The summed E-state index contributed by atoms with van der Waals surface area (Å²) in [6.45, 7) is 4.60. The average Bonchev–Trinajstić information content (AvgIpc) is 2.27. The Bertz CT molecular complexity index is 387. The fourth-order valence-corrected chi connectivity index (χ4v) is 1.29. The van der Waals surface area contributed by atoms with Crippen LogP contribution in [0.2, 0.25) is 0 Å². The van der Waals surface area contributed by atoms with Crippen molar-refractivity contribution in [2.75, 3.05) is 6.54 Å². The van der Waals surface area contributed by atoms with Gasteiger partial charge in [-0.1, -0.05) is 0 Å². The third-order valence-corrected chi connectivity index (χ3v) is 2.18. The van der Waals surface area contributed by atoms with Gasteiger partial charge in [-0.05, 0) is 55.9 Å². The van der Waals surface area contributed by atoms with Crippen LogP contribution in [0.5, 0.6) is 5.75 Å². The maximum atomic E-state index is 9.14. The minimum atomic E-state index is 0.243. The molecule has 4 nitrogen and oxygen atoms in total. The van der Waals surface area contributed by atoms with Gasteiger partial charge in [0.15, 0.2) is 5.11 Å². The van der Waals surface area contributed by atoms with Crippen LogP contribution in [0.4, 0.5) is 0 Å². The molecule has 0 aliphatic heterocycles. The number of aromatic hydroxyl groups is 1. The smallest absolute Gasteiger partial charge is 0.186 e. The molecule has 5 heteroatoms. The average molecular weight is 237 g/mol. The van der Waals surface area contributed by atoms with E-state index in [1.165, 1.54) is 0 Å². The molecule has 0 unspecified atom stereocenters. The van der Waals surface area contributed by atoms with Gasteiger partial charge in [0.05, 0.1) is 5.71 Å². The van der Waals surface area contributed by atoms with Crippen LogP contribution in [-0.4, -0.2) is 22.5 Å². The normalized spacial score (nSPS) is 11.0. The van der Waals surface area contributed by atoms with Crippen LogP contribution >= 0.6 is 12.2 Å². The number of hydrazone groups is 1. The molecule has 0 atom stereocenters. The summed E-state index contributed by atoms with van der Waals surface area (Å²) in [6, 6.07) is 6.84. The summed E-state index contributed by atoms with van der Waals surface area (Å²) < 4.78 is 0. The summed E-state index contributed by atoms with van der Waals surface area (Å²) in [5, 5.41) is 16.7. The van der Waals surface area contributed by atoms with Crippen molar-refractivity contribution in [2.24, 2.45) is 5.10 Å². The molecule has 1 rings (SSSR count). The number of hydrogen-bond donors (Lipinski definition) is 3. The number of rotatable bonds is 3. The first-order valence-corrected chi connectivity index (χ1v) is 5.42. The quantitative estimate of drug-likeness (QED) is 0.424. The molecule has 0 aliphatic rings. The summed E-state index contributed by atoms with van der Waals surface area (Å²) >= 11 is 4.97. The highest BCUT2D eigenvalue weighted by molar-refractivity contribution is 7.80. The van der Waals surface area contributed by atoms with Gasteiger partial charge in [-0.2, -0.15) is 5.10 Å². The molecule has 0 saturated heterocycles. The Morgan fingerprint density at radius 1 is 1.38 bits per heavy atom. The summed E-state index contributed by atoms with van der Waals surface area (Å²) in [6.07, 6.45) is 0.